The van der Waals surface area contributed by atoms with Crippen molar-refractivity contribution >= 4 is 27.4 Å². The standard InChI is InChI=1S/C20H28N4OS/c1-14-5-7-24(8-6-14)19-18-15-3-2-4-16(15)26-20(18)22-17(21-19)13-23-9-11-25-12-10-23/h14H,2-13H2,1H3. The average Bonchev–Trinajstić information content (AvgIpc) is 3.23. The topological polar surface area (TPSA) is 41.5 Å². The summed E-state index contributed by atoms with van der Waals surface area (Å²) in [5, 5.41) is 1.38. The zero-order valence-electron chi connectivity index (χ0n) is 15.7. The predicted molar refractivity (Wildman–Crippen MR) is 106 cm³/mol. The Kier molecular flexibility index (Phi) is 4.59. The number of nitrogens with zero attached hydrogens (tertiary/aromatic N) is 4. The highest BCUT2D eigenvalue weighted by atomic mass is 32.1. The fourth-order valence-corrected chi connectivity index (χ4v) is 5.77. The lowest BCUT2D eigenvalue weighted by Crippen LogP contribution is -2.37. The van der Waals surface area contributed by atoms with Crippen LogP contribution in [-0.2, 0) is 24.1 Å². The van der Waals surface area contributed by atoms with Gasteiger partial charge in [0.25, 0.3) is 0 Å². The molecule has 4 heterocycles. The molecule has 0 radical (unpaired) electrons. The molecule has 0 amide bonds. The van der Waals surface area contributed by atoms with Crippen molar-refractivity contribution in [3.63, 3.8) is 0 Å². The first-order valence-electron chi connectivity index (χ1n) is 10.1. The highest BCUT2D eigenvalue weighted by Crippen LogP contribution is 2.41. The molecule has 2 saturated heterocycles. The summed E-state index contributed by atoms with van der Waals surface area (Å²) in [4.78, 5) is 17.9. The number of morpholine rings is 1. The van der Waals surface area contributed by atoms with Gasteiger partial charge < -0.3 is 9.64 Å². The van der Waals surface area contributed by atoms with Gasteiger partial charge in [-0.2, -0.15) is 0 Å². The Labute approximate surface area is 159 Å². The van der Waals surface area contributed by atoms with E-state index in [9.17, 15) is 0 Å². The normalized spacial score (nSPS) is 22.3. The molecule has 5 nitrogen and oxygen atoms in total. The molecular formula is C20H28N4OS. The SMILES string of the molecule is CC1CCN(c2nc(CN3CCOCC3)nc3sc4c(c23)CCC4)CC1. The van der Waals surface area contributed by atoms with Crippen LogP contribution in [0.1, 0.15) is 42.5 Å². The quantitative estimate of drug-likeness (QED) is 0.827. The van der Waals surface area contributed by atoms with E-state index in [0.717, 1.165) is 57.7 Å². The molecule has 140 valence electrons. The van der Waals surface area contributed by atoms with Gasteiger partial charge in [-0.15, -0.1) is 11.3 Å². The molecule has 0 bridgehead atoms. The van der Waals surface area contributed by atoms with Crippen LogP contribution in [0.15, 0.2) is 0 Å². The second-order valence-electron chi connectivity index (χ2n) is 8.06. The van der Waals surface area contributed by atoms with Crippen molar-refractivity contribution in [3.05, 3.63) is 16.3 Å². The molecule has 1 aliphatic carbocycles. The maximum atomic E-state index is 5.49. The summed E-state index contributed by atoms with van der Waals surface area (Å²) in [5.41, 5.74) is 1.55. The Morgan fingerprint density at radius 2 is 1.88 bits per heavy atom. The van der Waals surface area contributed by atoms with Gasteiger partial charge in [-0.25, -0.2) is 9.97 Å². The van der Waals surface area contributed by atoms with Crippen LogP contribution in [0, 0.1) is 5.92 Å². The van der Waals surface area contributed by atoms with Gasteiger partial charge in [0, 0.05) is 31.1 Å². The van der Waals surface area contributed by atoms with Gasteiger partial charge in [-0.05, 0) is 43.6 Å². The molecule has 2 fully saturated rings. The summed E-state index contributed by atoms with van der Waals surface area (Å²) in [6.45, 7) is 9.11. The zero-order chi connectivity index (χ0) is 17.5. The first-order valence-corrected chi connectivity index (χ1v) is 11.0. The number of anilines is 1. The largest absolute Gasteiger partial charge is 0.379 e. The Balaban J connectivity index is 1.53. The number of aryl methyl sites for hydroxylation is 2. The maximum Gasteiger partial charge on any atom is 0.146 e. The Hall–Kier alpha value is -1.24. The third-order valence-corrected chi connectivity index (χ3v) is 7.33. The monoisotopic (exact) mass is 372 g/mol. The lowest BCUT2D eigenvalue weighted by Gasteiger charge is -2.32. The first kappa shape index (κ1) is 16.9. The Morgan fingerprint density at radius 3 is 2.69 bits per heavy atom. The van der Waals surface area contributed by atoms with Crippen LogP contribution in [-0.4, -0.2) is 54.3 Å². The number of aromatic nitrogens is 2. The van der Waals surface area contributed by atoms with E-state index in [2.05, 4.69) is 16.7 Å². The van der Waals surface area contributed by atoms with E-state index >= 15 is 0 Å². The predicted octanol–water partition coefficient (Wildman–Crippen LogP) is 3.25. The molecule has 26 heavy (non-hydrogen) atoms. The van der Waals surface area contributed by atoms with Gasteiger partial charge >= 0.3 is 0 Å². The molecule has 2 aromatic heterocycles. The van der Waals surface area contributed by atoms with Crippen LogP contribution in [0.2, 0.25) is 0 Å². The van der Waals surface area contributed by atoms with Crippen LogP contribution >= 0.6 is 11.3 Å². The first-order chi connectivity index (χ1) is 12.8. The number of hydrogen-bond donors (Lipinski definition) is 0. The molecule has 0 unspecified atom stereocenters. The van der Waals surface area contributed by atoms with Crippen LogP contribution < -0.4 is 4.90 Å². The minimum Gasteiger partial charge on any atom is -0.379 e. The van der Waals surface area contributed by atoms with Crippen molar-refractivity contribution in [2.75, 3.05) is 44.3 Å². The molecule has 0 atom stereocenters. The summed E-state index contributed by atoms with van der Waals surface area (Å²) in [7, 11) is 0. The molecule has 0 N–H and O–H groups in total. The third-order valence-electron chi connectivity index (χ3n) is 6.14. The number of fused-ring (bicyclic) bond motifs is 3. The minimum absolute atomic E-state index is 0.826. The van der Waals surface area contributed by atoms with E-state index in [1.54, 1.807) is 10.4 Å². The van der Waals surface area contributed by atoms with E-state index in [1.165, 1.54) is 48.1 Å². The van der Waals surface area contributed by atoms with Crippen molar-refractivity contribution in [1.29, 1.82) is 0 Å². The van der Waals surface area contributed by atoms with E-state index in [-0.39, 0.29) is 0 Å². The highest BCUT2D eigenvalue weighted by molar-refractivity contribution is 7.19. The summed E-state index contributed by atoms with van der Waals surface area (Å²) < 4.78 is 5.49. The molecule has 2 aliphatic heterocycles. The number of thiophene rings is 1. The maximum absolute atomic E-state index is 5.49. The van der Waals surface area contributed by atoms with Gasteiger partial charge in [-0.3, -0.25) is 4.90 Å². The van der Waals surface area contributed by atoms with Crippen LogP contribution in [0.25, 0.3) is 10.2 Å². The molecule has 0 aromatic carbocycles. The Bertz CT molecular complexity index is 791. The van der Waals surface area contributed by atoms with Crippen molar-refractivity contribution < 1.29 is 4.74 Å². The van der Waals surface area contributed by atoms with E-state index in [0.29, 0.717) is 0 Å². The summed E-state index contributed by atoms with van der Waals surface area (Å²) in [5.74, 6) is 3.06. The van der Waals surface area contributed by atoms with Gasteiger partial charge in [0.15, 0.2) is 0 Å². The van der Waals surface area contributed by atoms with Crippen molar-refractivity contribution in [1.82, 2.24) is 14.9 Å². The Morgan fingerprint density at radius 1 is 1.08 bits per heavy atom. The second kappa shape index (κ2) is 7.06. The highest BCUT2D eigenvalue weighted by Gasteiger charge is 2.27. The van der Waals surface area contributed by atoms with E-state index in [1.807, 2.05) is 11.3 Å². The summed E-state index contributed by atoms with van der Waals surface area (Å²) in [6, 6.07) is 0. The van der Waals surface area contributed by atoms with Crippen LogP contribution in [0.5, 0.6) is 0 Å². The van der Waals surface area contributed by atoms with E-state index in [4.69, 9.17) is 14.7 Å². The number of ether oxygens (including phenoxy) is 1. The number of rotatable bonds is 3. The molecule has 0 spiro atoms. The van der Waals surface area contributed by atoms with Gasteiger partial charge in [0.2, 0.25) is 0 Å². The van der Waals surface area contributed by atoms with Gasteiger partial charge in [-0.1, -0.05) is 6.92 Å². The van der Waals surface area contributed by atoms with Crippen molar-refractivity contribution in [2.24, 2.45) is 5.92 Å². The third kappa shape index (κ3) is 3.12. The summed E-state index contributed by atoms with van der Waals surface area (Å²) in [6.07, 6.45) is 6.28. The molecule has 2 aromatic rings. The van der Waals surface area contributed by atoms with Crippen molar-refractivity contribution in [2.45, 2.75) is 45.6 Å². The molecule has 0 saturated carbocycles. The number of hydrogen-bond acceptors (Lipinski definition) is 6. The van der Waals surface area contributed by atoms with Gasteiger partial charge in [0.05, 0.1) is 25.1 Å². The number of piperidine rings is 1. The molecule has 6 heteroatoms. The lowest BCUT2D eigenvalue weighted by molar-refractivity contribution is 0.0331. The molecule has 3 aliphatic rings. The molecule has 5 rings (SSSR count). The second-order valence-corrected chi connectivity index (χ2v) is 9.14. The average molecular weight is 373 g/mol. The van der Waals surface area contributed by atoms with Crippen LogP contribution in [0.3, 0.4) is 0 Å². The fraction of sp³-hybridized carbons (Fsp3) is 0.700. The zero-order valence-corrected chi connectivity index (χ0v) is 16.5. The van der Waals surface area contributed by atoms with Crippen LogP contribution in [0.4, 0.5) is 5.82 Å². The lowest BCUT2D eigenvalue weighted by atomic mass is 9.99. The minimum atomic E-state index is 0.826. The molecular weight excluding hydrogens is 344 g/mol. The van der Waals surface area contributed by atoms with Crippen molar-refractivity contribution in [3.8, 4) is 0 Å². The fourth-order valence-electron chi connectivity index (χ4n) is 4.50. The van der Waals surface area contributed by atoms with E-state index < -0.39 is 0 Å². The van der Waals surface area contributed by atoms with Gasteiger partial charge in [0.1, 0.15) is 16.5 Å². The summed E-state index contributed by atoms with van der Waals surface area (Å²) >= 11 is 1.92. The smallest absolute Gasteiger partial charge is 0.146 e.